The number of halogens is 1. The first-order chi connectivity index (χ1) is 10.1. The number of nitrogens with zero attached hydrogens (tertiary/aromatic N) is 3. The Kier molecular flexibility index (Phi) is 5.11. The van der Waals surface area contributed by atoms with Gasteiger partial charge in [-0.05, 0) is 36.8 Å². The summed E-state index contributed by atoms with van der Waals surface area (Å²) in [7, 11) is 1.74. The lowest BCUT2D eigenvalue weighted by atomic mass is 10.2. The molecule has 0 saturated heterocycles. The molecule has 5 nitrogen and oxygen atoms in total. The van der Waals surface area contributed by atoms with Gasteiger partial charge in [0, 0.05) is 38.1 Å². The Morgan fingerprint density at radius 3 is 2.67 bits per heavy atom. The first-order valence-corrected chi connectivity index (χ1v) is 7.05. The SMILES string of the molecule is CCN(Cc1ccncc1)C(=O)c1cc(Cl)nc(NC)c1. The summed E-state index contributed by atoms with van der Waals surface area (Å²) >= 11 is 5.95. The molecule has 1 N–H and O–H groups in total. The van der Waals surface area contributed by atoms with Crippen LogP contribution >= 0.6 is 11.6 Å². The standard InChI is InChI=1S/C15H17ClN4O/c1-3-20(10-11-4-6-18-7-5-11)15(21)12-8-13(16)19-14(9-12)17-2/h4-9H,3,10H2,1-2H3,(H,17,19). The van der Waals surface area contributed by atoms with E-state index < -0.39 is 0 Å². The largest absolute Gasteiger partial charge is 0.373 e. The number of carbonyl (C=O) groups is 1. The third-order valence-corrected chi connectivity index (χ3v) is 3.28. The van der Waals surface area contributed by atoms with E-state index in [4.69, 9.17) is 11.6 Å². The first-order valence-electron chi connectivity index (χ1n) is 6.67. The molecule has 1 amide bonds. The summed E-state index contributed by atoms with van der Waals surface area (Å²) in [6.45, 7) is 3.09. The Labute approximate surface area is 129 Å². The van der Waals surface area contributed by atoms with E-state index in [0.717, 1.165) is 5.56 Å². The summed E-state index contributed by atoms with van der Waals surface area (Å²) < 4.78 is 0. The van der Waals surface area contributed by atoms with Crippen molar-refractivity contribution in [3.8, 4) is 0 Å². The van der Waals surface area contributed by atoms with Crippen LogP contribution in [0.3, 0.4) is 0 Å². The average molecular weight is 305 g/mol. The Balaban J connectivity index is 2.22. The lowest BCUT2D eigenvalue weighted by molar-refractivity contribution is 0.0752. The van der Waals surface area contributed by atoms with Gasteiger partial charge in [-0.3, -0.25) is 9.78 Å². The molecule has 0 bridgehead atoms. The lowest BCUT2D eigenvalue weighted by Crippen LogP contribution is -2.30. The molecule has 0 aromatic carbocycles. The van der Waals surface area contributed by atoms with Crippen molar-refractivity contribution in [2.45, 2.75) is 13.5 Å². The topological polar surface area (TPSA) is 58.1 Å². The zero-order valence-corrected chi connectivity index (χ0v) is 12.8. The molecule has 2 aromatic rings. The molecular formula is C15H17ClN4O. The fraction of sp³-hybridized carbons (Fsp3) is 0.267. The molecule has 2 heterocycles. The van der Waals surface area contributed by atoms with Gasteiger partial charge in [0.05, 0.1) is 0 Å². The van der Waals surface area contributed by atoms with E-state index in [0.29, 0.717) is 29.6 Å². The average Bonchev–Trinajstić information content (AvgIpc) is 2.52. The summed E-state index contributed by atoms with van der Waals surface area (Å²) in [5.74, 6) is 0.501. The minimum atomic E-state index is -0.0740. The molecule has 0 radical (unpaired) electrons. The molecule has 0 aliphatic rings. The van der Waals surface area contributed by atoms with Crippen LogP contribution in [0.2, 0.25) is 5.15 Å². The minimum Gasteiger partial charge on any atom is -0.373 e. The smallest absolute Gasteiger partial charge is 0.254 e. The van der Waals surface area contributed by atoms with E-state index >= 15 is 0 Å². The molecule has 0 atom stereocenters. The number of rotatable bonds is 5. The van der Waals surface area contributed by atoms with Gasteiger partial charge >= 0.3 is 0 Å². The zero-order chi connectivity index (χ0) is 15.2. The van der Waals surface area contributed by atoms with Crippen molar-refractivity contribution < 1.29 is 4.79 Å². The maximum atomic E-state index is 12.6. The maximum absolute atomic E-state index is 12.6. The van der Waals surface area contributed by atoms with Crippen LogP contribution in [0, 0.1) is 0 Å². The third-order valence-electron chi connectivity index (χ3n) is 3.09. The molecule has 2 aromatic heterocycles. The van der Waals surface area contributed by atoms with E-state index in [-0.39, 0.29) is 5.91 Å². The molecule has 0 saturated carbocycles. The normalized spacial score (nSPS) is 10.2. The highest BCUT2D eigenvalue weighted by Crippen LogP contribution is 2.17. The Morgan fingerprint density at radius 1 is 1.33 bits per heavy atom. The molecule has 2 rings (SSSR count). The van der Waals surface area contributed by atoms with Crippen LogP contribution < -0.4 is 5.32 Å². The van der Waals surface area contributed by atoms with Crippen LogP contribution in [0.4, 0.5) is 5.82 Å². The number of aromatic nitrogens is 2. The Bertz CT molecular complexity index is 618. The van der Waals surface area contributed by atoms with Crippen LogP contribution in [0.15, 0.2) is 36.7 Å². The minimum absolute atomic E-state index is 0.0740. The monoisotopic (exact) mass is 304 g/mol. The van der Waals surface area contributed by atoms with Crippen molar-refractivity contribution in [2.75, 3.05) is 18.9 Å². The fourth-order valence-corrected chi connectivity index (χ4v) is 2.18. The second-order valence-electron chi connectivity index (χ2n) is 4.49. The van der Waals surface area contributed by atoms with Crippen LogP contribution in [0.1, 0.15) is 22.8 Å². The van der Waals surface area contributed by atoms with E-state index in [1.54, 1.807) is 36.5 Å². The van der Waals surface area contributed by atoms with E-state index in [1.165, 1.54) is 0 Å². The summed E-state index contributed by atoms with van der Waals surface area (Å²) in [4.78, 5) is 22.4. The van der Waals surface area contributed by atoms with Crippen LogP contribution in [-0.2, 0) is 6.54 Å². The molecule has 0 spiro atoms. The molecule has 0 aliphatic heterocycles. The van der Waals surface area contributed by atoms with Gasteiger partial charge < -0.3 is 10.2 Å². The highest BCUT2D eigenvalue weighted by molar-refractivity contribution is 6.29. The van der Waals surface area contributed by atoms with Crippen molar-refractivity contribution in [3.63, 3.8) is 0 Å². The van der Waals surface area contributed by atoms with Crippen molar-refractivity contribution in [1.82, 2.24) is 14.9 Å². The van der Waals surface area contributed by atoms with Crippen molar-refractivity contribution in [3.05, 3.63) is 52.9 Å². The van der Waals surface area contributed by atoms with Crippen molar-refractivity contribution >= 4 is 23.3 Å². The molecular weight excluding hydrogens is 288 g/mol. The summed E-state index contributed by atoms with van der Waals surface area (Å²) in [5, 5.41) is 3.19. The van der Waals surface area contributed by atoms with Gasteiger partial charge in [0.1, 0.15) is 11.0 Å². The molecule has 0 fully saturated rings. The predicted octanol–water partition coefficient (Wildman–Crippen LogP) is 2.83. The second-order valence-corrected chi connectivity index (χ2v) is 4.88. The van der Waals surface area contributed by atoms with Crippen LogP contribution in [-0.4, -0.2) is 34.4 Å². The number of carbonyl (C=O) groups excluding carboxylic acids is 1. The molecule has 110 valence electrons. The van der Waals surface area contributed by atoms with E-state index in [2.05, 4.69) is 15.3 Å². The number of amides is 1. The van der Waals surface area contributed by atoms with Gasteiger partial charge in [-0.15, -0.1) is 0 Å². The molecule has 6 heteroatoms. The van der Waals surface area contributed by atoms with Gasteiger partial charge in [-0.2, -0.15) is 0 Å². The molecule has 0 aliphatic carbocycles. The van der Waals surface area contributed by atoms with E-state index in [9.17, 15) is 4.79 Å². The lowest BCUT2D eigenvalue weighted by Gasteiger charge is -2.21. The Morgan fingerprint density at radius 2 is 2.05 bits per heavy atom. The zero-order valence-electron chi connectivity index (χ0n) is 12.0. The highest BCUT2D eigenvalue weighted by Gasteiger charge is 2.16. The van der Waals surface area contributed by atoms with Gasteiger partial charge in [0.25, 0.3) is 5.91 Å². The number of hydrogen-bond donors (Lipinski definition) is 1. The summed E-state index contributed by atoms with van der Waals surface area (Å²) in [6, 6.07) is 7.08. The number of nitrogens with one attached hydrogen (secondary N) is 1. The maximum Gasteiger partial charge on any atom is 0.254 e. The van der Waals surface area contributed by atoms with Crippen molar-refractivity contribution in [1.29, 1.82) is 0 Å². The second kappa shape index (κ2) is 7.04. The highest BCUT2D eigenvalue weighted by atomic mass is 35.5. The predicted molar refractivity (Wildman–Crippen MR) is 83.4 cm³/mol. The first kappa shape index (κ1) is 15.3. The van der Waals surface area contributed by atoms with Crippen LogP contribution in [0.5, 0.6) is 0 Å². The van der Waals surface area contributed by atoms with Gasteiger partial charge in [0.15, 0.2) is 0 Å². The quantitative estimate of drug-likeness (QED) is 0.863. The third kappa shape index (κ3) is 3.92. The molecule has 0 unspecified atom stereocenters. The van der Waals surface area contributed by atoms with E-state index in [1.807, 2.05) is 19.1 Å². The number of hydrogen-bond acceptors (Lipinski definition) is 4. The number of pyridine rings is 2. The van der Waals surface area contributed by atoms with Crippen LogP contribution in [0.25, 0.3) is 0 Å². The fourth-order valence-electron chi connectivity index (χ4n) is 1.97. The summed E-state index contributed by atoms with van der Waals surface area (Å²) in [5.41, 5.74) is 1.56. The Hall–Kier alpha value is -2.14. The van der Waals surface area contributed by atoms with Crippen molar-refractivity contribution in [2.24, 2.45) is 0 Å². The van der Waals surface area contributed by atoms with Gasteiger partial charge in [0.2, 0.25) is 0 Å². The van der Waals surface area contributed by atoms with Gasteiger partial charge in [-0.25, -0.2) is 4.98 Å². The number of anilines is 1. The summed E-state index contributed by atoms with van der Waals surface area (Å²) in [6.07, 6.45) is 3.44. The molecule has 21 heavy (non-hydrogen) atoms. The van der Waals surface area contributed by atoms with Gasteiger partial charge in [-0.1, -0.05) is 11.6 Å².